The van der Waals surface area contributed by atoms with Gasteiger partial charge < -0.3 is 9.47 Å². The Bertz CT molecular complexity index is 643. The van der Waals surface area contributed by atoms with Crippen LogP contribution in [0.1, 0.15) is 29.8 Å². The van der Waals surface area contributed by atoms with Crippen molar-refractivity contribution in [2.75, 3.05) is 0 Å². The normalized spacial score (nSPS) is 10.7. The zero-order valence-corrected chi connectivity index (χ0v) is 14.1. The molecule has 0 atom stereocenters. The summed E-state index contributed by atoms with van der Waals surface area (Å²) in [6.07, 6.45) is 1.48. The van der Waals surface area contributed by atoms with Crippen LogP contribution in [0.2, 0.25) is 0 Å². The lowest BCUT2D eigenvalue weighted by atomic mass is 10.1. The first-order valence-corrected chi connectivity index (χ1v) is 7.52. The summed E-state index contributed by atoms with van der Waals surface area (Å²) in [7, 11) is 0. The average Bonchev–Trinajstić information content (AvgIpc) is 2.82. The van der Waals surface area contributed by atoms with Gasteiger partial charge >= 0.3 is 5.97 Å². The second-order valence-electron chi connectivity index (χ2n) is 4.58. The molecule has 1 heterocycles. The lowest BCUT2D eigenvalue weighted by Gasteiger charge is -2.13. The summed E-state index contributed by atoms with van der Waals surface area (Å²) < 4.78 is 12.9. The fourth-order valence-electron chi connectivity index (χ4n) is 1.70. The molecule has 0 unspecified atom stereocenters. The predicted octanol–water partition coefficient (Wildman–Crippen LogP) is 3.48. The molecule has 2 aromatic rings. The van der Waals surface area contributed by atoms with Crippen molar-refractivity contribution < 1.29 is 14.3 Å². The van der Waals surface area contributed by atoms with E-state index in [1.807, 2.05) is 19.9 Å². The summed E-state index contributed by atoms with van der Waals surface area (Å²) in [5, 5.41) is 4.01. The van der Waals surface area contributed by atoms with E-state index in [0.29, 0.717) is 11.4 Å². The predicted molar refractivity (Wildman–Crippen MR) is 85.6 cm³/mol. The first-order valence-electron chi connectivity index (χ1n) is 6.33. The van der Waals surface area contributed by atoms with Gasteiger partial charge in [-0.2, -0.15) is 0 Å². The molecule has 1 aromatic heterocycles. The third-order valence-electron chi connectivity index (χ3n) is 2.60. The minimum Gasteiger partial charge on any atom is -0.472 e. The van der Waals surface area contributed by atoms with Crippen molar-refractivity contribution in [2.24, 2.45) is 0 Å². The van der Waals surface area contributed by atoms with Gasteiger partial charge in [-0.1, -0.05) is 22.0 Å². The topological polar surface area (TPSA) is 53.4 Å². The summed E-state index contributed by atoms with van der Waals surface area (Å²) in [6, 6.07) is 7.04. The molecule has 0 saturated heterocycles. The number of nitrogens with zero attached hydrogens (tertiary/aromatic N) is 2. The second kappa shape index (κ2) is 7.00. The molecular formula is C14H15BrN2O3S. The van der Waals surface area contributed by atoms with Crippen LogP contribution in [0.3, 0.4) is 0 Å². The number of ether oxygens (including phenoxy) is 2. The fraction of sp³-hybridized carbons (Fsp3) is 0.286. The van der Waals surface area contributed by atoms with Crippen molar-refractivity contribution in [1.82, 2.24) is 9.19 Å². The molecule has 1 aromatic carbocycles. The van der Waals surface area contributed by atoms with E-state index in [9.17, 15) is 4.79 Å². The number of thiol groups is 1. The van der Waals surface area contributed by atoms with E-state index < -0.39 is 0 Å². The molecule has 0 spiro atoms. The van der Waals surface area contributed by atoms with Crippen molar-refractivity contribution in [2.45, 2.75) is 26.6 Å². The van der Waals surface area contributed by atoms with Crippen LogP contribution in [0, 0.1) is 0 Å². The van der Waals surface area contributed by atoms with Crippen LogP contribution in [0.15, 0.2) is 34.9 Å². The van der Waals surface area contributed by atoms with E-state index in [1.165, 1.54) is 4.09 Å². The summed E-state index contributed by atoms with van der Waals surface area (Å²) in [5.41, 5.74) is 1.19. The molecule has 7 heteroatoms. The van der Waals surface area contributed by atoms with Gasteiger partial charge in [0.15, 0.2) is 0 Å². The van der Waals surface area contributed by atoms with Gasteiger partial charge in [0.25, 0.3) is 0 Å². The van der Waals surface area contributed by atoms with Crippen LogP contribution < -0.4 is 4.74 Å². The molecule has 0 amide bonds. The smallest absolute Gasteiger partial charge is 0.338 e. The van der Waals surface area contributed by atoms with Gasteiger partial charge in [-0.15, -0.1) is 5.10 Å². The molecule has 0 aliphatic heterocycles. The highest BCUT2D eigenvalue weighted by atomic mass is 79.9. The Labute approximate surface area is 136 Å². The van der Waals surface area contributed by atoms with E-state index >= 15 is 0 Å². The summed E-state index contributed by atoms with van der Waals surface area (Å²) in [4.78, 5) is 12.1. The fourth-order valence-corrected chi connectivity index (χ4v) is 2.33. The Morgan fingerprint density at radius 2 is 2.19 bits per heavy atom. The molecule has 112 valence electrons. The lowest BCUT2D eigenvalue weighted by Crippen LogP contribution is -2.15. The van der Waals surface area contributed by atoms with Gasteiger partial charge in [0.2, 0.25) is 5.88 Å². The van der Waals surface area contributed by atoms with Crippen LogP contribution in [-0.4, -0.2) is 21.3 Å². The molecule has 0 saturated carbocycles. The van der Waals surface area contributed by atoms with Gasteiger partial charge in [-0.3, -0.25) is 0 Å². The van der Waals surface area contributed by atoms with Crippen molar-refractivity contribution in [3.63, 3.8) is 0 Å². The number of rotatable bonds is 5. The number of hydrogen-bond acceptors (Lipinski definition) is 5. The Balaban J connectivity index is 2.19. The van der Waals surface area contributed by atoms with Gasteiger partial charge in [0.1, 0.15) is 6.61 Å². The minimum atomic E-state index is -0.371. The maximum absolute atomic E-state index is 12.1. The molecule has 0 aliphatic rings. The number of hydrogen-bond donors (Lipinski definition) is 1. The third-order valence-corrected chi connectivity index (χ3v) is 3.56. The van der Waals surface area contributed by atoms with Crippen molar-refractivity contribution in [3.8, 4) is 5.88 Å². The average molecular weight is 371 g/mol. The first-order chi connectivity index (χ1) is 9.97. The monoisotopic (exact) mass is 370 g/mol. The number of aromatic nitrogens is 2. The standard InChI is InChI=1S/C14H15BrN2O3S/c1-9(2)20-14(18)10-4-3-5-12(15)11(10)8-19-13-6-7-17(21)16-13/h3-7,9,21H,8H2,1-2H3. The van der Waals surface area contributed by atoms with Crippen molar-refractivity contribution >= 4 is 34.7 Å². The van der Waals surface area contributed by atoms with Crippen LogP contribution in [0.5, 0.6) is 5.88 Å². The van der Waals surface area contributed by atoms with Crippen LogP contribution in [-0.2, 0) is 11.3 Å². The van der Waals surface area contributed by atoms with E-state index in [0.717, 1.165) is 10.0 Å². The maximum atomic E-state index is 12.1. The number of carbonyl (C=O) groups excluding carboxylic acids is 1. The molecule has 0 bridgehead atoms. The molecule has 0 N–H and O–H groups in total. The number of benzene rings is 1. The molecule has 5 nitrogen and oxygen atoms in total. The maximum Gasteiger partial charge on any atom is 0.338 e. The van der Waals surface area contributed by atoms with Crippen LogP contribution in [0.25, 0.3) is 0 Å². The summed E-state index contributed by atoms with van der Waals surface area (Å²) in [6.45, 7) is 3.82. The van der Waals surface area contributed by atoms with Crippen molar-refractivity contribution in [1.29, 1.82) is 0 Å². The van der Waals surface area contributed by atoms with Crippen molar-refractivity contribution in [3.05, 3.63) is 46.1 Å². The Kier molecular flexibility index (Phi) is 5.30. The van der Waals surface area contributed by atoms with E-state index in [1.54, 1.807) is 24.4 Å². The van der Waals surface area contributed by atoms with E-state index in [-0.39, 0.29) is 18.7 Å². The first kappa shape index (κ1) is 15.9. The summed E-state index contributed by atoms with van der Waals surface area (Å²) >= 11 is 7.47. The SMILES string of the molecule is CC(C)OC(=O)c1cccc(Br)c1COc1ccn(S)n1. The molecule has 0 radical (unpaired) electrons. The van der Waals surface area contributed by atoms with Crippen LogP contribution in [0.4, 0.5) is 0 Å². The molecule has 0 aliphatic carbocycles. The van der Waals surface area contributed by atoms with E-state index in [2.05, 4.69) is 33.8 Å². The Morgan fingerprint density at radius 3 is 2.81 bits per heavy atom. The van der Waals surface area contributed by atoms with Gasteiger partial charge in [-0.25, -0.2) is 8.88 Å². The third kappa shape index (κ3) is 4.25. The molecule has 21 heavy (non-hydrogen) atoms. The lowest BCUT2D eigenvalue weighted by molar-refractivity contribution is 0.0375. The van der Waals surface area contributed by atoms with Gasteiger partial charge in [0, 0.05) is 22.3 Å². The van der Waals surface area contributed by atoms with Gasteiger partial charge in [-0.05, 0) is 38.8 Å². The second-order valence-corrected chi connectivity index (χ2v) is 5.85. The summed E-state index contributed by atoms with van der Waals surface area (Å²) in [5.74, 6) is 0.0635. The quantitative estimate of drug-likeness (QED) is 0.646. The zero-order valence-electron chi connectivity index (χ0n) is 11.6. The number of esters is 1. The minimum absolute atomic E-state index is 0.176. The van der Waals surface area contributed by atoms with Crippen LogP contribution >= 0.6 is 28.7 Å². The molecular weight excluding hydrogens is 356 g/mol. The highest BCUT2D eigenvalue weighted by Gasteiger charge is 2.17. The van der Waals surface area contributed by atoms with Gasteiger partial charge in [0.05, 0.1) is 11.7 Å². The highest BCUT2D eigenvalue weighted by molar-refractivity contribution is 9.10. The number of carbonyl (C=O) groups is 1. The van der Waals surface area contributed by atoms with E-state index in [4.69, 9.17) is 9.47 Å². The highest BCUT2D eigenvalue weighted by Crippen LogP contribution is 2.23. The number of halogens is 1. The largest absolute Gasteiger partial charge is 0.472 e. The molecule has 0 fully saturated rings. The Morgan fingerprint density at radius 1 is 1.43 bits per heavy atom. The Hall–Kier alpha value is -1.47. The molecule has 2 rings (SSSR count). The zero-order chi connectivity index (χ0) is 15.4.